The Morgan fingerprint density at radius 3 is 2.55 bits per heavy atom. The van der Waals surface area contributed by atoms with E-state index in [0.717, 1.165) is 18.5 Å². The molecule has 116 valence electrons. The smallest absolute Gasteiger partial charge is 0.417 e. The van der Waals surface area contributed by atoms with Crippen LogP contribution in [0.2, 0.25) is 0 Å². The van der Waals surface area contributed by atoms with Gasteiger partial charge in [-0.15, -0.1) is 11.3 Å². The Balaban J connectivity index is 2.38. The van der Waals surface area contributed by atoms with Gasteiger partial charge in [0, 0.05) is 0 Å². The van der Waals surface area contributed by atoms with Crippen LogP contribution >= 0.6 is 11.3 Å². The molecule has 1 aromatic heterocycles. The lowest BCUT2D eigenvalue weighted by Gasteiger charge is -2.09. The Hall–Kier alpha value is -2.32. The third-order valence-corrected chi connectivity index (χ3v) is 3.60. The second kappa shape index (κ2) is 6.63. The summed E-state index contributed by atoms with van der Waals surface area (Å²) in [5, 5.41) is 22.6. The van der Waals surface area contributed by atoms with E-state index in [4.69, 9.17) is 5.21 Å². The van der Waals surface area contributed by atoms with E-state index in [2.05, 4.69) is 0 Å². The third-order valence-electron chi connectivity index (χ3n) is 2.70. The van der Waals surface area contributed by atoms with E-state index in [1.54, 1.807) is 17.5 Å². The Morgan fingerprint density at radius 2 is 1.95 bits per heavy atom. The summed E-state index contributed by atoms with van der Waals surface area (Å²) in [6, 6.07) is 8.10. The largest absolute Gasteiger partial charge is 0.619 e. The van der Waals surface area contributed by atoms with Gasteiger partial charge in [-0.3, -0.25) is 10.7 Å². The molecule has 0 spiro atoms. The van der Waals surface area contributed by atoms with Gasteiger partial charge in [0.15, 0.2) is 6.21 Å². The molecule has 0 aliphatic rings. The summed E-state index contributed by atoms with van der Waals surface area (Å²) in [4.78, 5) is 0.570. The minimum absolute atomic E-state index is 0.0886. The highest BCUT2D eigenvalue weighted by atomic mass is 32.1. The predicted octanol–water partition coefficient (Wildman–Crippen LogP) is 3.67. The Morgan fingerprint density at radius 1 is 1.23 bits per heavy atom. The average molecular weight is 328 g/mol. The van der Waals surface area contributed by atoms with Crippen LogP contribution < -0.4 is 5.48 Å². The van der Waals surface area contributed by atoms with Crippen LogP contribution in [0.25, 0.3) is 5.70 Å². The van der Waals surface area contributed by atoms with Gasteiger partial charge in [0.2, 0.25) is 6.20 Å². The van der Waals surface area contributed by atoms with Crippen LogP contribution in [0.5, 0.6) is 0 Å². The topological polar surface area (TPSA) is 58.3 Å². The van der Waals surface area contributed by atoms with Gasteiger partial charge in [-0.2, -0.15) is 17.9 Å². The summed E-state index contributed by atoms with van der Waals surface area (Å²) >= 11 is 1.26. The summed E-state index contributed by atoms with van der Waals surface area (Å²) < 4.78 is 38.7. The molecular weight excluding hydrogens is 317 g/mol. The van der Waals surface area contributed by atoms with Gasteiger partial charge in [0.25, 0.3) is 0 Å². The first kappa shape index (κ1) is 16.1. The predicted molar refractivity (Wildman–Crippen MR) is 77.5 cm³/mol. The van der Waals surface area contributed by atoms with E-state index in [-0.39, 0.29) is 16.0 Å². The molecule has 0 aliphatic heterocycles. The standard InChI is InChI=1S/C14H11F3N2O2S/c15-14(16,17)11-5-2-1-4-10(11)8-19(21)9-12(18-20)13-6-3-7-22-13/h1-9,18,20H/b12-9+,19-8-. The lowest BCUT2D eigenvalue weighted by atomic mass is 10.1. The van der Waals surface area contributed by atoms with E-state index < -0.39 is 11.7 Å². The van der Waals surface area contributed by atoms with Gasteiger partial charge in [-0.1, -0.05) is 18.2 Å². The number of hydrogen-bond donors (Lipinski definition) is 2. The van der Waals surface area contributed by atoms with Gasteiger partial charge in [-0.05, 0) is 23.6 Å². The first-order valence-electron chi connectivity index (χ1n) is 6.04. The first-order valence-corrected chi connectivity index (χ1v) is 6.92. The van der Waals surface area contributed by atoms with E-state index in [1.807, 2.05) is 5.48 Å². The van der Waals surface area contributed by atoms with Crippen LogP contribution in [-0.4, -0.2) is 16.2 Å². The number of rotatable bonds is 4. The van der Waals surface area contributed by atoms with E-state index in [1.165, 1.54) is 29.5 Å². The number of halogens is 3. The van der Waals surface area contributed by atoms with Crippen molar-refractivity contribution in [1.82, 2.24) is 5.48 Å². The maximum Gasteiger partial charge on any atom is 0.417 e. The summed E-state index contributed by atoms with van der Waals surface area (Å²) in [6.07, 6.45) is -2.80. The van der Waals surface area contributed by atoms with Crippen molar-refractivity contribution < 1.29 is 23.1 Å². The molecule has 1 heterocycles. The quantitative estimate of drug-likeness (QED) is 0.390. The van der Waals surface area contributed by atoms with Crippen molar-refractivity contribution in [2.24, 2.45) is 0 Å². The zero-order valence-electron chi connectivity index (χ0n) is 11.0. The molecule has 2 aromatic rings. The van der Waals surface area contributed by atoms with Gasteiger partial charge in [0.1, 0.15) is 5.70 Å². The minimum atomic E-state index is -4.55. The number of benzene rings is 1. The molecule has 0 unspecified atom stereocenters. The van der Waals surface area contributed by atoms with Crippen LogP contribution in [0.15, 0.2) is 48.0 Å². The molecule has 2 rings (SSSR count). The molecule has 0 radical (unpaired) electrons. The van der Waals surface area contributed by atoms with Crippen LogP contribution in [0.4, 0.5) is 13.2 Å². The Bertz CT molecular complexity index is 694. The van der Waals surface area contributed by atoms with Gasteiger partial charge in [0.05, 0.1) is 16.0 Å². The van der Waals surface area contributed by atoms with Crippen molar-refractivity contribution in [2.45, 2.75) is 6.18 Å². The third kappa shape index (κ3) is 3.86. The SMILES string of the molecule is [O-][N+](=C\c1ccccc1C(F)(F)F)/C=C(/NO)c1cccs1. The summed E-state index contributed by atoms with van der Waals surface area (Å²) in [7, 11) is 0. The van der Waals surface area contributed by atoms with Crippen molar-refractivity contribution in [3.05, 3.63) is 69.2 Å². The van der Waals surface area contributed by atoms with Crippen molar-refractivity contribution >= 4 is 23.2 Å². The molecule has 0 aliphatic carbocycles. The van der Waals surface area contributed by atoms with Crippen molar-refractivity contribution in [2.75, 3.05) is 0 Å². The van der Waals surface area contributed by atoms with Gasteiger partial charge >= 0.3 is 6.18 Å². The van der Waals surface area contributed by atoms with Crippen molar-refractivity contribution in [1.29, 1.82) is 0 Å². The zero-order valence-corrected chi connectivity index (χ0v) is 11.9. The molecule has 4 nitrogen and oxygen atoms in total. The van der Waals surface area contributed by atoms with E-state index >= 15 is 0 Å². The molecule has 0 saturated carbocycles. The lowest BCUT2D eigenvalue weighted by molar-refractivity contribution is -0.371. The fourth-order valence-electron chi connectivity index (χ4n) is 1.75. The molecule has 0 amide bonds. The molecular formula is C14H11F3N2O2S. The Labute approximate surface area is 128 Å². The van der Waals surface area contributed by atoms with E-state index in [9.17, 15) is 18.4 Å². The lowest BCUT2D eigenvalue weighted by Crippen LogP contribution is -2.12. The molecule has 8 heteroatoms. The van der Waals surface area contributed by atoms with Crippen LogP contribution in [0.1, 0.15) is 16.0 Å². The number of nitrogens with zero attached hydrogens (tertiary/aromatic N) is 1. The van der Waals surface area contributed by atoms with Crippen molar-refractivity contribution in [3.63, 3.8) is 0 Å². The molecule has 0 fully saturated rings. The van der Waals surface area contributed by atoms with Gasteiger partial charge < -0.3 is 5.21 Å². The first-order chi connectivity index (χ1) is 10.4. The van der Waals surface area contributed by atoms with Gasteiger partial charge in [-0.25, -0.2) is 0 Å². The van der Waals surface area contributed by atoms with Crippen LogP contribution in [0.3, 0.4) is 0 Å². The van der Waals surface area contributed by atoms with Crippen LogP contribution in [0, 0.1) is 5.21 Å². The minimum Gasteiger partial charge on any atom is -0.619 e. The molecule has 2 N–H and O–H groups in total. The summed E-state index contributed by atoms with van der Waals surface area (Å²) in [5.74, 6) is 0. The zero-order chi connectivity index (χ0) is 16.2. The molecule has 1 aromatic carbocycles. The normalized spacial score (nSPS) is 13.3. The fraction of sp³-hybridized carbons (Fsp3) is 0.0714. The monoisotopic (exact) mass is 328 g/mol. The number of thiophene rings is 1. The molecule has 22 heavy (non-hydrogen) atoms. The maximum atomic E-state index is 12.8. The molecule has 0 atom stereocenters. The second-order valence-corrected chi connectivity index (χ2v) is 5.15. The highest BCUT2D eigenvalue weighted by Crippen LogP contribution is 2.31. The molecule has 0 saturated heterocycles. The summed E-state index contributed by atoms with van der Waals surface area (Å²) in [5.41, 5.74) is 0.779. The summed E-state index contributed by atoms with van der Waals surface area (Å²) in [6.45, 7) is 0. The highest BCUT2D eigenvalue weighted by Gasteiger charge is 2.33. The number of hydroxylamine groups is 2. The Kier molecular flexibility index (Phi) is 4.84. The number of nitrogens with one attached hydrogen (secondary N) is 1. The van der Waals surface area contributed by atoms with Crippen molar-refractivity contribution in [3.8, 4) is 0 Å². The number of hydrogen-bond acceptors (Lipinski definition) is 4. The fourth-order valence-corrected chi connectivity index (χ4v) is 2.43. The average Bonchev–Trinajstić information content (AvgIpc) is 2.98. The second-order valence-electron chi connectivity index (χ2n) is 4.21. The van der Waals surface area contributed by atoms with E-state index in [0.29, 0.717) is 4.88 Å². The number of alkyl halides is 3. The highest BCUT2D eigenvalue weighted by molar-refractivity contribution is 7.11. The van der Waals surface area contributed by atoms with Crippen LogP contribution in [-0.2, 0) is 6.18 Å². The maximum absolute atomic E-state index is 12.8. The molecule has 0 bridgehead atoms.